The SMILES string of the molecule is COc1cc(O)cc(OC)c1[C@H]1C2=CC[C@@H]3C(=O)N(C(C)(C)C)C(=O)[C@@H]3[C@@H]2C[C@H]2C(=O)N(Nc3ccc(F)cc3)C(=O)[C@@]12c1ccc(Cl)cc1. The summed E-state index contributed by atoms with van der Waals surface area (Å²) in [7, 11) is 2.86. The summed E-state index contributed by atoms with van der Waals surface area (Å²) in [6.07, 6.45) is 2.26. The largest absolute Gasteiger partial charge is 0.508 e. The second kappa shape index (κ2) is 11.9. The lowest BCUT2D eigenvalue weighted by molar-refractivity contribution is -0.146. The number of hydrogen-bond donors (Lipinski definition) is 2. The van der Waals surface area contributed by atoms with Gasteiger partial charge in [-0.25, -0.2) is 4.39 Å². The Labute approximate surface area is 293 Å². The van der Waals surface area contributed by atoms with Crippen molar-refractivity contribution < 1.29 is 38.1 Å². The van der Waals surface area contributed by atoms with E-state index in [9.17, 15) is 23.9 Å². The molecular weight excluding hydrogens is 665 g/mol. The maximum Gasteiger partial charge on any atom is 0.260 e. The number of nitrogens with zero attached hydrogens (tertiary/aromatic N) is 2. The van der Waals surface area contributed by atoms with E-state index in [2.05, 4.69) is 5.43 Å². The number of hydrogen-bond acceptors (Lipinski definition) is 8. The molecule has 0 radical (unpaired) electrons. The number of phenolic OH excluding ortho intramolecular Hbond substituents is 1. The van der Waals surface area contributed by atoms with Gasteiger partial charge in [0, 0.05) is 34.2 Å². The molecule has 7 rings (SSSR count). The van der Waals surface area contributed by atoms with E-state index in [1.54, 1.807) is 24.3 Å². The zero-order valence-electron chi connectivity index (χ0n) is 28.2. The molecular formula is C38H37ClFN3O7. The predicted octanol–water partition coefficient (Wildman–Crippen LogP) is 5.99. The average Bonchev–Trinajstić information content (AvgIpc) is 3.46. The number of anilines is 1. The molecule has 12 heteroatoms. The summed E-state index contributed by atoms with van der Waals surface area (Å²) in [4.78, 5) is 59.6. The van der Waals surface area contributed by atoms with Crippen molar-refractivity contribution in [2.45, 2.75) is 50.5 Å². The van der Waals surface area contributed by atoms with Gasteiger partial charge in [0.1, 0.15) is 23.1 Å². The van der Waals surface area contributed by atoms with Crippen LogP contribution >= 0.6 is 11.6 Å². The van der Waals surface area contributed by atoms with Gasteiger partial charge in [-0.1, -0.05) is 35.4 Å². The van der Waals surface area contributed by atoms with Crippen LogP contribution in [-0.2, 0) is 24.6 Å². The van der Waals surface area contributed by atoms with Crippen molar-refractivity contribution in [2.75, 3.05) is 19.6 Å². The Hall–Kier alpha value is -4.90. The number of fused-ring (bicyclic) bond motifs is 4. The minimum atomic E-state index is -1.64. The van der Waals surface area contributed by atoms with E-state index < -0.39 is 58.2 Å². The predicted molar refractivity (Wildman–Crippen MR) is 182 cm³/mol. The summed E-state index contributed by atoms with van der Waals surface area (Å²) in [5, 5.41) is 12.1. The van der Waals surface area contributed by atoms with Crippen molar-refractivity contribution in [2.24, 2.45) is 23.7 Å². The highest BCUT2D eigenvalue weighted by atomic mass is 35.5. The monoisotopic (exact) mass is 701 g/mol. The van der Waals surface area contributed by atoms with Crippen LogP contribution in [0.5, 0.6) is 17.2 Å². The van der Waals surface area contributed by atoms with Crippen LogP contribution in [0.25, 0.3) is 0 Å². The van der Waals surface area contributed by atoms with E-state index >= 15 is 4.79 Å². The molecule has 0 bridgehead atoms. The van der Waals surface area contributed by atoms with Gasteiger partial charge in [0.25, 0.3) is 11.8 Å². The van der Waals surface area contributed by atoms with E-state index in [1.807, 2.05) is 26.8 Å². The van der Waals surface area contributed by atoms with Crippen molar-refractivity contribution >= 4 is 40.9 Å². The summed E-state index contributed by atoms with van der Waals surface area (Å²) >= 11 is 6.36. The average molecular weight is 702 g/mol. The lowest BCUT2D eigenvalue weighted by atomic mass is 9.49. The number of carbonyl (C=O) groups excluding carboxylic acids is 4. The number of phenols is 1. The first kappa shape index (κ1) is 33.6. The Kier molecular flexibility index (Phi) is 7.97. The number of rotatable bonds is 6. The third kappa shape index (κ3) is 4.80. The molecule has 10 nitrogen and oxygen atoms in total. The van der Waals surface area contributed by atoms with Gasteiger partial charge in [0.2, 0.25) is 11.8 Å². The molecule has 6 atom stereocenters. The zero-order chi connectivity index (χ0) is 35.9. The van der Waals surface area contributed by atoms with Gasteiger partial charge >= 0.3 is 0 Å². The van der Waals surface area contributed by atoms with Gasteiger partial charge in [-0.05, 0) is 81.5 Å². The number of methoxy groups -OCH3 is 2. The van der Waals surface area contributed by atoms with Crippen molar-refractivity contribution in [3.8, 4) is 17.2 Å². The molecule has 3 fully saturated rings. The molecule has 0 unspecified atom stereocenters. The summed E-state index contributed by atoms with van der Waals surface area (Å²) in [5.41, 5.74) is 2.41. The second-order valence-corrected chi connectivity index (χ2v) is 14.8. The van der Waals surface area contributed by atoms with Gasteiger partial charge in [-0.15, -0.1) is 0 Å². The Morgan fingerprint density at radius 3 is 2.10 bits per heavy atom. The molecule has 2 saturated heterocycles. The fraction of sp³-hybridized carbons (Fsp3) is 0.368. The third-order valence-electron chi connectivity index (χ3n) is 10.7. The van der Waals surface area contributed by atoms with Crippen LogP contribution in [-0.4, -0.2) is 58.4 Å². The molecule has 0 aromatic heterocycles. The van der Waals surface area contributed by atoms with Crippen molar-refractivity contribution in [1.29, 1.82) is 0 Å². The van der Waals surface area contributed by atoms with Gasteiger partial charge < -0.3 is 14.6 Å². The lowest BCUT2D eigenvalue weighted by Crippen LogP contribution is -2.53. The molecule has 2 N–H and O–H groups in total. The number of likely N-dealkylation sites (tertiary alicyclic amines) is 1. The van der Waals surface area contributed by atoms with Crippen molar-refractivity contribution in [3.63, 3.8) is 0 Å². The molecule has 2 aliphatic heterocycles. The number of imide groups is 2. The minimum Gasteiger partial charge on any atom is -0.508 e. The number of benzene rings is 3. The number of halogens is 2. The molecule has 1 saturated carbocycles. The Morgan fingerprint density at radius 2 is 1.52 bits per heavy atom. The van der Waals surface area contributed by atoms with Gasteiger partial charge in [0.05, 0.1) is 43.1 Å². The summed E-state index contributed by atoms with van der Waals surface area (Å²) < 4.78 is 25.6. The fourth-order valence-corrected chi connectivity index (χ4v) is 8.97. The number of nitrogens with one attached hydrogen (secondary N) is 1. The smallest absolute Gasteiger partial charge is 0.260 e. The van der Waals surface area contributed by atoms with Gasteiger partial charge in [0.15, 0.2) is 0 Å². The van der Waals surface area contributed by atoms with Crippen LogP contribution in [0.3, 0.4) is 0 Å². The second-order valence-electron chi connectivity index (χ2n) is 14.3. The van der Waals surface area contributed by atoms with Crippen LogP contribution in [0.1, 0.15) is 50.7 Å². The highest BCUT2D eigenvalue weighted by molar-refractivity contribution is 6.30. The van der Waals surface area contributed by atoms with Crippen molar-refractivity contribution in [1.82, 2.24) is 9.91 Å². The van der Waals surface area contributed by atoms with E-state index in [4.69, 9.17) is 21.1 Å². The highest BCUT2D eigenvalue weighted by Gasteiger charge is 2.71. The molecule has 260 valence electrons. The van der Waals surface area contributed by atoms with Crippen molar-refractivity contribution in [3.05, 3.63) is 94.3 Å². The van der Waals surface area contributed by atoms with E-state index in [1.165, 1.54) is 55.5 Å². The molecule has 2 heterocycles. The molecule has 0 spiro atoms. The summed E-state index contributed by atoms with van der Waals surface area (Å²) in [5.74, 6) is -5.98. The number of allylic oxidation sites excluding steroid dienone is 2. The van der Waals surface area contributed by atoms with Crippen LogP contribution in [0.2, 0.25) is 5.02 Å². The highest BCUT2D eigenvalue weighted by Crippen LogP contribution is 2.66. The topological polar surface area (TPSA) is 125 Å². The van der Waals surface area contributed by atoms with Crippen LogP contribution in [0, 0.1) is 29.5 Å². The van der Waals surface area contributed by atoms with Crippen LogP contribution in [0.4, 0.5) is 10.1 Å². The quantitative estimate of drug-likeness (QED) is 0.238. The first-order chi connectivity index (χ1) is 23.7. The number of hydrazine groups is 1. The molecule has 3 aromatic carbocycles. The molecule has 4 aliphatic rings. The number of carbonyl (C=O) groups is 4. The van der Waals surface area contributed by atoms with Gasteiger partial charge in [-0.2, -0.15) is 5.01 Å². The molecule has 3 aromatic rings. The standard InChI is InChI=1S/C38H37ClFN3O7/c1-37(2,3)42-33(45)25-15-14-24-26(30(25)35(42)47)18-27-34(46)43(41-22-12-10-21(40)11-13-22)36(48)38(27,19-6-8-20(39)9-7-19)32(24)31-28(49-4)16-23(44)17-29(31)50-5/h6-14,16-17,25-27,30,32,41,44H,15,18H2,1-5H3/t25-,26+,27-,30-,32+,38+/m0/s1. The normalized spacial score (nSPS) is 27.5. The van der Waals surface area contributed by atoms with Crippen LogP contribution < -0.4 is 14.9 Å². The van der Waals surface area contributed by atoms with E-state index in [-0.39, 0.29) is 41.9 Å². The maximum absolute atomic E-state index is 15.3. The summed E-state index contributed by atoms with van der Waals surface area (Å²) in [6.45, 7) is 5.44. The lowest BCUT2D eigenvalue weighted by Gasteiger charge is -2.51. The van der Waals surface area contributed by atoms with E-state index in [0.29, 0.717) is 27.4 Å². The fourth-order valence-electron chi connectivity index (χ4n) is 8.84. The maximum atomic E-state index is 15.3. The third-order valence-corrected chi connectivity index (χ3v) is 11.0. The molecule has 4 amide bonds. The van der Waals surface area contributed by atoms with E-state index in [0.717, 1.165) is 5.01 Å². The first-order valence-electron chi connectivity index (χ1n) is 16.4. The number of ether oxygens (including phenoxy) is 2. The van der Waals surface area contributed by atoms with Crippen LogP contribution in [0.15, 0.2) is 72.3 Å². The number of amides is 4. The Bertz CT molecular complexity index is 1930. The van der Waals surface area contributed by atoms with Gasteiger partial charge in [-0.3, -0.25) is 29.5 Å². The Morgan fingerprint density at radius 1 is 0.900 bits per heavy atom. The zero-order valence-corrected chi connectivity index (χ0v) is 29.0. The Balaban J connectivity index is 1.52. The first-order valence-corrected chi connectivity index (χ1v) is 16.8. The number of aromatic hydroxyl groups is 1. The minimum absolute atomic E-state index is 0.0814. The molecule has 50 heavy (non-hydrogen) atoms. The summed E-state index contributed by atoms with van der Waals surface area (Å²) in [6, 6.07) is 14.8. The molecule has 2 aliphatic carbocycles.